The molecular weight excluding hydrogens is 428 g/mol. The van der Waals surface area contributed by atoms with E-state index in [2.05, 4.69) is 62.7 Å². The summed E-state index contributed by atoms with van der Waals surface area (Å²) in [5.74, 6) is 1.41. The lowest BCUT2D eigenvalue weighted by Crippen LogP contribution is -2.14. The highest BCUT2D eigenvalue weighted by Gasteiger charge is 2.11. The highest BCUT2D eigenvalue weighted by molar-refractivity contribution is 9.10. The van der Waals surface area contributed by atoms with Crippen LogP contribution in [0.3, 0.4) is 0 Å². The molecule has 0 fully saturated rings. The van der Waals surface area contributed by atoms with Crippen molar-refractivity contribution in [3.05, 3.63) is 68.7 Å². The lowest BCUT2D eigenvalue weighted by Gasteiger charge is -2.16. The Balaban J connectivity index is 1.75. The molecule has 0 bridgehead atoms. The first-order chi connectivity index (χ1) is 13.1. The average Bonchev–Trinajstić information content (AvgIpc) is 3.07. The Kier molecular flexibility index (Phi) is 6.52. The third-order valence-electron chi connectivity index (χ3n) is 3.92. The van der Waals surface area contributed by atoms with Gasteiger partial charge >= 0.3 is 0 Å². The molecule has 0 atom stereocenters. The van der Waals surface area contributed by atoms with Gasteiger partial charge in [-0.25, -0.2) is 4.68 Å². The molecule has 0 spiro atoms. The lowest BCUT2D eigenvalue weighted by atomic mass is 10.1. The van der Waals surface area contributed by atoms with Gasteiger partial charge in [-0.05, 0) is 49.3 Å². The maximum atomic E-state index is 6.01. The van der Waals surface area contributed by atoms with E-state index in [0.717, 1.165) is 15.6 Å². The van der Waals surface area contributed by atoms with E-state index in [9.17, 15) is 0 Å². The summed E-state index contributed by atoms with van der Waals surface area (Å²) in [7, 11) is 0. The Morgan fingerprint density at radius 2 is 1.93 bits per heavy atom. The van der Waals surface area contributed by atoms with Gasteiger partial charge in [-0.1, -0.05) is 45.8 Å². The van der Waals surface area contributed by atoms with Gasteiger partial charge in [0.2, 0.25) is 4.77 Å². The van der Waals surface area contributed by atoms with Crippen molar-refractivity contribution in [2.24, 2.45) is 0 Å². The van der Waals surface area contributed by atoms with Crippen molar-refractivity contribution in [3.8, 4) is 11.5 Å². The summed E-state index contributed by atoms with van der Waals surface area (Å²) in [4.78, 5) is 0. The number of H-pyrrole nitrogens is 1. The van der Waals surface area contributed by atoms with Gasteiger partial charge in [0.1, 0.15) is 12.9 Å². The van der Waals surface area contributed by atoms with Gasteiger partial charge in [-0.15, -0.1) is 0 Å². The molecule has 6 nitrogen and oxygen atoms in total. The van der Waals surface area contributed by atoms with Crippen LogP contribution in [0.25, 0.3) is 0 Å². The fraction of sp³-hybridized carbons (Fsp3) is 0.263. The van der Waals surface area contributed by atoms with Crippen molar-refractivity contribution in [2.45, 2.75) is 27.0 Å². The second kappa shape index (κ2) is 9.05. The molecule has 1 aromatic heterocycles. The van der Waals surface area contributed by atoms with Crippen molar-refractivity contribution in [3.63, 3.8) is 0 Å². The van der Waals surface area contributed by atoms with Crippen molar-refractivity contribution < 1.29 is 9.47 Å². The summed E-state index contributed by atoms with van der Waals surface area (Å²) in [5, 5.41) is 6.60. The van der Waals surface area contributed by atoms with Crippen LogP contribution < -0.4 is 14.9 Å². The van der Waals surface area contributed by atoms with Crippen LogP contribution in [0.2, 0.25) is 0 Å². The number of halogens is 1. The molecular formula is C19H21BrN4O2S. The number of ether oxygens (including phenoxy) is 2. The zero-order valence-electron chi connectivity index (χ0n) is 15.2. The first-order valence-corrected chi connectivity index (χ1v) is 9.76. The number of benzene rings is 2. The first kappa shape index (κ1) is 19.4. The van der Waals surface area contributed by atoms with E-state index in [4.69, 9.17) is 21.7 Å². The molecule has 8 heteroatoms. The predicted octanol–water partition coefficient (Wildman–Crippen LogP) is 4.73. The summed E-state index contributed by atoms with van der Waals surface area (Å²) in [6.07, 6.45) is 1.60. The molecule has 0 aliphatic carbocycles. The number of rotatable bonds is 8. The molecule has 3 rings (SSSR count). The molecule has 2 aromatic carbocycles. The predicted molar refractivity (Wildman–Crippen MR) is 111 cm³/mol. The fourth-order valence-electron chi connectivity index (χ4n) is 2.47. The molecule has 0 saturated carbocycles. The number of aromatic amines is 1. The van der Waals surface area contributed by atoms with Gasteiger partial charge in [0.15, 0.2) is 11.5 Å². The normalized spacial score (nSPS) is 10.6. The van der Waals surface area contributed by atoms with Gasteiger partial charge in [0.25, 0.3) is 0 Å². The second-order valence-corrected chi connectivity index (χ2v) is 7.21. The van der Waals surface area contributed by atoms with E-state index < -0.39 is 0 Å². The minimum Gasteiger partial charge on any atom is -0.490 e. The molecule has 1 heterocycles. The molecule has 0 aliphatic rings. The van der Waals surface area contributed by atoms with Crippen molar-refractivity contribution in [2.75, 3.05) is 12.0 Å². The summed E-state index contributed by atoms with van der Waals surface area (Å²) in [6, 6.07) is 12.2. The number of hydrogen-bond acceptors (Lipinski definition) is 5. The molecule has 3 aromatic rings. The number of hydrogen-bond donors (Lipinski definition) is 2. The minimum absolute atomic E-state index is 0.481. The molecule has 2 N–H and O–H groups in total. The third-order valence-corrected chi connectivity index (χ3v) is 4.95. The van der Waals surface area contributed by atoms with Crippen molar-refractivity contribution in [1.29, 1.82) is 0 Å². The van der Waals surface area contributed by atoms with Gasteiger partial charge in [0, 0.05) is 4.47 Å². The molecule has 27 heavy (non-hydrogen) atoms. The van der Waals surface area contributed by atoms with Gasteiger partial charge < -0.3 is 14.9 Å². The Morgan fingerprint density at radius 3 is 2.59 bits per heavy atom. The van der Waals surface area contributed by atoms with E-state index in [0.29, 0.717) is 36.0 Å². The van der Waals surface area contributed by atoms with Crippen LogP contribution in [0.15, 0.2) is 47.2 Å². The molecule has 0 unspecified atom stereocenters. The van der Waals surface area contributed by atoms with Crippen LogP contribution in [0.4, 0.5) is 0 Å². The fourth-order valence-corrected chi connectivity index (χ4v) is 3.10. The van der Waals surface area contributed by atoms with Crippen molar-refractivity contribution >= 4 is 28.1 Å². The second-order valence-electron chi connectivity index (χ2n) is 5.96. The van der Waals surface area contributed by atoms with E-state index >= 15 is 0 Å². The lowest BCUT2D eigenvalue weighted by molar-refractivity contribution is 0.269. The number of aryl methyl sites for hydroxylation is 1. The van der Waals surface area contributed by atoms with E-state index in [1.807, 2.05) is 19.1 Å². The van der Waals surface area contributed by atoms with Gasteiger partial charge in [0.05, 0.1) is 13.2 Å². The standard InChI is InChI=1S/C19H21BrN4O2S/c1-3-25-17-8-15(10-22-24-12-21-23-19(24)27)16(20)9-18(17)26-11-14-6-4-13(2)5-7-14/h4-9,12,22H,3,10-11H2,1-2H3,(H,23,27). The molecule has 0 radical (unpaired) electrons. The number of nitrogens with one attached hydrogen (secondary N) is 2. The monoisotopic (exact) mass is 448 g/mol. The molecule has 0 saturated heterocycles. The smallest absolute Gasteiger partial charge is 0.214 e. The SMILES string of the molecule is CCOc1cc(CNn2cn[nH]c2=S)c(Br)cc1OCc1ccc(C)cc1. The van der Waals surface area contributed by atoms with Crippen LogP contribution in [-0.2, 0) is 13.2 Å². The quantitative estimate of drug-likeness (QED) is 0.487. The highest BCUT2D eigenvalue weighted by atomic mass is 79.9. The summed E-state index contributed by atoms with van der Waals surface area (Å²) in [6.45, 7) is 5.61. The molecule has 0 amide bonds. The zero-order chi connectivity index (χ0) is 19.2. The van der Waals surface area contributed by atoms with Gasteiger partial charge in [-0.2, -0.15) is 5.10 Å². The third kappa shape index (κ3) is 5.11. The molecule has 0 aliphatic heterocycles. The number of nitrogens with zero attached hydrogens (tertiary/aromatic N) is 2. The topological polar surface area (TPSA) is 64.1 Å². The van der Waals surface area contributed by atoms with Crippen LogP contribution in [0.5, 0.6) is 11.5 Å². The highest BCUT2D eigenvalue weighted by Crippen LogP contribution is 2.34. The largest absolute Gasteiger partial charge is 0.490 e. The average molecular weight is 449 g/mol. The van der Waals surface area contributed by atoms with Crippen LogP contribution in [0, 0.1) is 11.7 Å². The number of aromatic nitrogens is 3. The van der Waals surface area contributed by atoms with Gasteiger partial charge in [-0.3, -0.25) is 5.10 Å². The summed E-state index contributed by atoms with van der Waals surface area (Å²) in [5.41, 5.74) is 6.55. The Labute approximate surface area is 171 Å². The minimum atomic E-state index is 0.481. The first-order valence-electron chi connectivity index (χ1n) is 8.56. The van der Waals surface area contributed by atoms with E-state index in [-0.39, 0.29) is 0 Å². The van der Waals surface area contributed by atoms with Crippen molar-refractivity contribution in [1.82, 2.24) is 14.9 Å². The Hall–Kier alpha value is -2.32. The maximum Gasteiger partial charge on any atom is 0.214 e. The molecule has 142 valence electrons. The Bertz CT molecular complexity index is 953. The Morgan fingerprint density at radius 1 is 1.19 bits per heavy atom. The van der Waals surface area contributed by atoms with Crippen LogP contribution >= 0.6 is 28.1 Å². The van der Waals surface area contributed by atoms with Crippen LogP contribution in [0.1, 0.15) is 23.6 Å². The maximum absolute atomic E-state index is 6.01. The summed E-state index contributed by atoms with van der Waals surface area (Å²) >= 11 is 8.75. The summed E-state index contributed by atoms with van der Waals surface area (Å²) < 4.78 is 14.9. The van der Waals surface area contributed by atoms with Crippen LogP contribution in [-0.4, -0.2) is 21.5 Å². The zero-order valence-corrected chi connectivity index (χ0v) is 17.6. The van der Waals surface area contributed by atoms with E-state index in [1.54, 1.807) is 11.0 Å². The van der Waals surface area contributed by atoms with E-state index in [1.165, 1.54) is 5.56 Å².